The Balaban J connectivity index is 2.55. The highest BCUT2D eigenvalue weighted by Crippen LogP contribution is 2.39. The molecule has 0 spiro atoms. The number of amides is 2. The summed E-state index contributed by atoms with van der Waals surface area (Å²) in [5.74, 6) is -0.739. The van der Waals surface area contributed by atoms with Crippen molar-refractivity contribution in [3.8, 4) is 5.75 Å². The van der Waals surface area contributed by atoms with Crippen molar-refractivity contribution in [1.29, 1.82) is 0 Å². The third-order valence-corrected chi connectivity index (χ3v) is 5.91. The summed E-state index contributed by atoms with van der Waals surface area (Å²) in [5, 5.41) is 5.37. The van der Waals surface area contributed by atoms with Gasteiger partial charge in [0.15, 0.2) is 0 Å². The summed E-state index contributed by atoms with van der Waals surface area (Å²) in [6, 6.07) is 2.16. The van der Waals surface area contributed by atoms with Crippen LogP contribution in [0.5, 0.6) is 5.75 Å². The van der Waals surface area contributed by atoms with Crippen molar-refractivity contribution in [2.24, 2.45) is 5.92 Å². The fourth-order valence-electron chi connectivity index (χ4n) is 4.13. The number of carbonyl (C=O) groups is 2. The van der Waals surface area contributed by atoms with Crippen molar-refractivity contribution in [2.75, 3.05) is 18.0 Å². The number of benzene rings is 2. The van der Waals surface area contributed by atoms with E-state index in [-0.39, 0.29) is 49.3 Å². The van der Waals surface area contributed by atoms with Gasteiger partial charge in [0.1, 0.15) is 11.9 Å². The molecule has 0 aliphatic heterocycles. The molecule has 240 valence electrons. The number of hydrogen-bond acceptors (Lipinski definition) is 5. The molecule has 43 heavy (non-hydrogen) atoms. The molecule has 2 atom stereocenters. The second-order valence-corrected chi connectivity index (χ2v) is 9.84. The largest absolute Gasteiger partial charge is 0.573 e. The fourth-order valence-corrected chi connectivity index (χ4v) is 4.13. The quantitative estimate of drug-likeness (QED) is 0.191. The van der Waals surface area contributed by atoms with E-state index in [0.29, 0.717) is 12.1 Å². The first-order valence-corrected chi connectivity index (χ1v) is 12.8. The van der Waals surface area contributed by atoms with Gasteiger partial charge in [-0.25, -0.2) is 4.79 Å². The molecule has 2 rings (SSSR count). The predicted molar refractivity (Wildman–Crippen MR) is 137 cm³/mol. The standard InChI is InChI=1S/C27H30F9N3O4/c1-5-37-24(41)39(13-15(2)3)22-7-6-21(43-27(34,35)36)10-18(22)12-38-16(4)23(42-14-40)17-8-19(25(28,29)30)11-20(9-17)26(31,32)33/h6-11,14-16,23,38H,5,12-13H2,1-4H3,(H,37,41). The van der Waals surface area contributed by atoms with Crippen LogP contribution >= 0.6 is 0 Å². The highest BCUT2D eigenvalue weighted by molar-refractivity contribution is 5.93. The molecule has 2 aromatic carbocycles. The summed E-state index contributed by atoms with van der Waals surface area (Å²) in [6.45, 7) is 6.36. The number of nitrogens with zero attached hydrogens (tertiary/aromatic N) is 1. The van der Waals surface area contributed by atoms with Crippen LogP contribution in [0.1, 0.15) is 56.1 Å². The predicted octanol–water partition coefficient (Wildman–Crippen LogP) is 7.21. The van der Waals surface area contributed by atoms with Crippen LogP contribution in [0.4, 0.5) is 50.0 Å². The lowest BCUT2D eigenvalue weighted by molar-refractivity contribution is -0.274. The molecule has 2 amide bonds. The van der Waals surface area contributed by atoms with Crippen molar-refractivity contribution in [1.82, 2.24) is 10.6 Å². The minimum Gasteiger partial charge on any atom is -0.458 e. The average molecular weight is 632 g/mol. The molecule has 16 heteroatoms. The molecule has 2 aromatic rings. The Hall–Kier alpha value is -3.69. The van der Waals surface area contributed by atoms with Crippen LogP contribution in [0, 0.1) is 5.92 Å². The zero-order chi connectivity index (χ0) is 32.8. The lowest BCUT2D eigenvalue weighted by atomic mass is 9.97. The van der Waals surface area contributed by atoms with Crippen LogP contribution in [0.3, 0.4) is 0 Å². The van der Waals surface area contributed by atoms with Gasteiger partial charge in [-0.15, -0.1) is 13.2 Å². The Morgan fingerprint density at radius 3 is 1.98 bits per heavy atom. The molecule has 0 aliphatic carbocycles. The van der Waals surface area contributed by atoms with E-state index in [4.69, 9.17) is 4.74 Å². The van der Waals surface area contributed by atoms with Gasteiger partial charge in [-0.3, -0.25) is 9.69 Å². The van der Waals surface area contributed by atoms with Crippen molar-refractivity contribution in [3.63, 3.8) is 0 Å². The monoisotopic (exact) mass is 631 g/mol. The zero-order valence-electron chi connectivity index (χ0n) is 23.4. The number of nitrogens with one attached hydrogen (secondary N) is 2. The van der Waals surface area contributed by atoms with Gasteiger partial charge >= 0.3 is 24.7 Å². The maximum absolute atomic E-state index is 13.4. The summed E-state index contributed by atoms with van der Waals surface area (Å²) < 4.78 is 128. The molecular formula is C27H30F9N3O4. The lowest BCUT2D eigenvalue weighted by Gasteiger charge is -2.29. The topological polar surface area (TPSA) is 79.9 Å². The van der Waals surface area contributed by atoms with Crippen LogP contribution in [0.15, 0.2) is 36.4 Å². The van der Waals surface area contributed by atoms with E-state index in [2.05, 4.69) is 15.4 Å². The van der Waals surface area contributed by atoms with Crippen molar-refractivity contribution >= 4 is 18.2 Å². The minimum absolute atomic E-state index is 0.0605. The highest BCUT2D eigenvalue weighted by atomic mass is 19.4. The molecular weight excluding hydrogens is 601 g/mol. The van der Waals surface area contributed by atoms with Crippen LogP contribution in [-0.2, 0) is 28.4 Å². The molecule has 0 heterocycles. The molecule has 0 bridgehead atoms. The van der Waals surface area contributed by atoms with Crippen LogP contribution < -0.4 is 20.3 Å². The first-order valence-electron chi connectivity index (χ1n) is 12.8. The van der Waals surface area contributed by atoms with Gasteiger partial charge < -0.3 is 20.1 Å². The second kappa shape index (κ2) is 14.2. The van der Waals surface area contributed by atoms with Gasteiger partial charge in [-0.05, 0) is 67.3 Å². The SMILES string of the molecule is CCNC(=O)N(CC(C)C)c1ccc(OC(F)(F)F)cc1CNC(C)C(OC=O)c1cc(C(F)(F)F)cc(C(F)(F)F)c1. The maximum Gasteiger partial charge on any atom is 0.573 e. The number of hydrogen-bond donors (Lipinski definition) is 2. The van der Waals surface area contributed by atoms with Crippen LogP contribution in [-0.4, -0.2) is 38.0 Å². The third-order valence-electron chi connectivity index (χ3n) is 5.91. The number of halogens is 9. The van der Waals surface area contributed by atoms with E-state index in [1.807, 2.05) is 0 Å². The van der Waals surface area contributed by atoms with E-state index in [0.717, 1.165) is 12.1 Å². The summed E-state index contributed by atoms with van der Waals surface area (Å²) in [4.78, 5) is 25.3. The summed E-state index contributed by atoms with van der Waals surface area (Å²) in [5.41, 5.74) is -3.68. The molecule has 0 aliphatic rings. The molecule has 0 saturated carbocycles. The number of carbonyl (C=O) groups excluding carboxylic acids is 2. The van der Waals surface area contributed by atoms with Gasteiger partial charge in [-0.2, -0.15) is 26.3 Å². The average Bonchev–Trinajstić information content (AvgIpc) is 2.87. The van der Waals surface area contributed by atoms with Crippen molar-refractivity contribution < 1.29 is 58.6 Å². The Bertz CT molecular complexity index is 1220. The zero-order valence-corrected chi connectivity index (χ0v) is 23.4. The van der Waals surface area contributed by atoms with Gasteiger partial charge in [0.05, 0.1) is 16.8 Å². The molecule has 0 fully saturated rings. The number of alkyl halides is 9. The Morgan fingerprint density at radius 2 is 1.51 bits per heavy atom. The molecule has 2 N–H and O–H groups in total. The van der Waals surface area contributed by atoms with Gasteiger partial charge in [0.25, 0.3) is 6.47 Å². The highest BCUT2D eigenvalue weighted by Gasteiger charge is 2.38. The number of ether oxygens (including phenoxy) is 2. The van der Waals surface area contributed by atoms with Gasteiger partial charge in [0.2, 0.25) is 0 Å². The van der Waals surface area contributed by atoms with E-state index < -0.39 is 59.3 Å². The normalized spacial score (nSPS) is 13.8. The minimum atomic E-state index is -5.16. The molecule has 2 unspecified atom stereocenters. The number of anilines is 1. The van der Waals surface area contributed by atoms with Crippen LogP contribution in [0.25, 0.3) is 0 Å². The summed E-state index contributed by atoms with van der Waals surface area (Å²) in [6.07, 6.45) is -17.1. The van der Waals surface area contributed by atoms with Gasteiger partial charge in [0, 0.05) is 25.7 Å². The third kappa shape index (κ3) is 10.5. The van der Waals surface area contributed by atoms with E-state index in [9.17, 15) is 49.1 Å². The van der Waals surface area contributed by atoms with E-state index >= 15 is 0 Å². The number of urea groups is 1. The van der Waals surface area contributed by atoms with E-state index in [1.165, 1.54) is 17.9 Å². The molecule has 0 radical (unpaired) electrons. The molecule has 7 nitrogen and oxygen atoms in total. The van der Waals surface area contributed by atoms with E-state index in [1.54, 1.807) is 20.8 Å². The first-order chi connectivity index (χ1) is 19.8. The smallest absolute Gasteiger partial charge is 0.458 e. The van der Waals surface area contributed by atoms with Crippen molar-refractivity contribution in [2.45, 2.75) is 65.1 Å². The first kappa shape index (κ1) is 35.5. The molecule has 0 aromatic heterocycles. The lowest BCUT2D eigenvalue weighted by Crippen LogP contribution is -2.43. The second-order valence-electron chi connectivity index (χ2n) is 9.84. The van der Waals surface area contributed by atoms with Gasteiger partial charge in [-0.1, -0.05) is 13.8 Å². The summed E-state index contributed by atoms with van der Waals surface area (Å²) >= 11 is 0. The maximum atomic E-state index is 13.4. The van der Waals surface area contributed by atoms with Crippen molar-refractivity contribution in [3.05, 3.63) is 58.7 Å². The Kier molecular flexibility index (Phi) is 11.7. The Labute approximate surface area is 241 Å². The van der Waals surface area contributed by atoms with Crippen LogP contribution in [0.2, 0.25) is 0 Å². The Morgan fingerprint density at radius 1 is 0.930 bits per heavy atom. The molecule has 0 saturated heterocycles. The number of rotatable bonds is 12. The summed E-state index contributed by atoms with van der Waals surface area (Å²) in [7, 11) is 0. The fraction of sp³-hybridized carbons (Fsp3) is 0.481.